The zero-order valence-electron chi connectivity index (χ0n) is 15.4. The van der Waals surface area contributed by atoms with Crippen LogP contribution in [-0.2, 0) is 10.4 Å². The standard InChI is InChI=1S/C22H25ClN2O2/c23-19-6-8-20(9-7-19)25-16-17(14-21(25)26)15-24-12-10-22(27,11-13-24)18-4-2-1-3-5-18/h1-9,17,27H,10-16H2/t17-/m0/s1. The summed E-state index contributed by atoms with van der Waals surface area (Å²) in [5.41, 5.74) is 1.21. The fourth-order valence-corrected chi connectivity index (χ4v) is 4.41. The van der Waals surface area contributed by atoms with Crippen LogP contribution in [0.5, 0.6) is 0 Å². The topological polar surface area (TPSA) is 43.8 Å². The Morgan fingerprint density at radius 3 is 2.37 bits per heavy atom. The summed E-state index contributed by atoms with van der Waals surface area (Å²) in [6, 6.07) is 17.4. The van der Waals surface area contributed by atoms with Crippen molar-refractivity contribution in [1.29, 1.82) is 0 Å². The summed E-state index contributed by atoms with van der Waals surface area (Å²) in [4.78, 5) is 16.7. The summed E-state index contributed by atoms with van der Waals surface area (Å²) in [5.74, 6) is 0.510. The minimum absolute atomic E-state index is 0.181. The summed E-state index contributed by atoms with van der Waals surface area (Å²) >= 11 is 5.95. The SMILES string of the molecule is O=C1C[C@@H](CN2CCC(O)(c3ccccc3)CC2)CN1c1ccc(Cl)cc1. The Bertz CT molecular complexity index is 786. The van der Waals surface area contributed by atoms with Crippen molar-refractivity contribution in [2.24, 2.45) is 5.92 Å². The van der Waals surface area contributed by atoms with Crippen LogP contribution in [0.1, 0.15) is 24.8 Å². The summed E-state index contributed by atoms with van der Waals surface area (Å²) in [7, 11) is 0. The molecule has 142 valence electrons. The molecule has 2 heterocycles. The van der Waals surface area contributed by atoms with Gasteiger partial charge in [-0.2, -0.15) is 0 Å². The van der Waals surface area contributed by atoms with E-state index in [0.717, 1.165) is 50.3 Å². The van der Waals surface area contributed by atoms with Crippen molar-refractivity contribution >= 4 is 23.2 Å². The van der Waals surface area contributed by atoms with E-state index in [2.05, 4.69) is 4.90 Å². The van der Waals surface area contributed by atoms with Gasteiger partial charge in [-0.25, -0.2) is 0 Å². The zero-order valence-corrected chi connectivity index (χ0v) is 16.1. The maximum Gasteiger partial charge on any atom is 0.227 e. The first-order valence-corrected chi connectivity index (χ1v) is 9.97. The second-order valence-electron chi connectivity index (χ2n) is 7.75. The van der Waals surface area contributed by atoms with E-state index in [9.17, 15) is 9.90 Å². The van der Waals surface area contributed by atoms with Gasteiger partial charge in [-0.15, -0.1) is 0 Å². The number of anilines is 1. The molecule has 1 amide bonds. The maximum absolute atomic E-state index is 12.4. The molecule has 1 N–H and O–H groups in total. The van der Waals surface area contributed by atoms with Gasteiger partial charge in [0.05, 0.1) is 5.60 Å². The predicted octanol–water partition coefficient (Wildman–Crippen LogP) is 3.68. The van der Waals surface area contributed by atoms with Gasteiger partial charge in [0.25, 0.3) is 0 Å². The number of carbonyl (C=O) groups excluding carboxylic acids is 1. The average molecular weight is 385 g/mol. The van der Waals surface area contributed by atoms with Crippen molar-refractivity contribution < 1.29 is 9.90 Å². The van der Waals surface area contributed by atoms with Crippen molar-refractivity contribution in [1.82, 2.24) is 4.90 Å². The van der Waals surface area contributed by atoms with Gasteiger partial charge < -0.3 is 14.9 Å². The van der Waals surface area contributed by atoms with Crippen LogP contribution < -0.4 is 4.90 Å². The first kappa shape index (κ1) is 18.5. The van der Waals surface area contributed by atoms with Crippen LogP contribution in [-0.4, -0.2) is 42.1 Å². The van der Waals surface area contributed by atoms with E-state index >= 15 is 0 Å². The molecule has 2 aromatic rings. The lowest BCUT2D eigenvalue weighted by molar-refractivity contribution is -0.117. The molecule has 1 atom stereocenters. The highest BCUT2D eigenvalue weighted by Crippen LogP contribution is 2.34. The lowest BCUT2D eigenvalue weighted by Crippen LogP contribution is -2.44. The van der Waals surface area contributed by atoms with Crippen molar-refractivity contribution in [3.05, 3.63) is 65.2 Å². The number of amides is 1. The smallest absolute Gasteiger partial charge is 0.227 e. The zero-order chi connectivity index (χ0) is 18.9. The minimum Gasteiger partial charge on any atom is -0.385 e. The molecular formula is C22H25ClN2O2. The number of likely N-dealkylation sites (tertiary alicyclic amines) is 1. The predicted molar refractivity (Wildman–Crippen MR) is 108 cm³/mol. The molecule has 0 aromatic heterocycles. The van der Waals surface area contributed by atoms with Crippen LogP contribution in [0.2, 0.25) is 5.02 Å². The first-order chi connectivity index (χ1) is 13.0. The number of hydrogen-bond donors (Lipinski definition) is 1. The molecule has 27 heavy (non-hydrogen) atoms. The lowest BCUT2D eigenvalue weighted by Gasteiger charge is -2.39. The van der Waals surface area contributed by atoms with Crippen LogP contribution in [0.4, 0.5) is 5.69 Å². The number of benzene rings is 2. The third-order valence-electron chi connectivity index (χ3n) is 5.85. The molecule has 0 bridgehead atoms. The van der Waals surface area contributed by atoms with E-state index in [-0.39, 0.29) is 5.91 Å². The van der Waals surface area contributed by atoms with E-state index in [0.29, 0.717) is 17.4 Å². The molecular weight excluding hydrogens is 360 g/mol. The minimum atomic E-state index is -0.724. The Hall–Kier alpha value is -1.88. The summed E-state index contributed by atoms with van der Waals surface area (Å²) in [6.07, 6.45) is 2.05. The van der Waals surface area contributed by atoms with Gasteiger partial charge in [0.15, 0.2) is 0 Å². The third kappa shape index (κ3) is 4.03. The van der Waals surface area contributed by atoms with E-state index in [4.69, 9.17) is 11.6 Å². The molecule has 4 rings (SSSR count). The van der Waals surface area contributed by atoms with E-state index in [1.807, 2.05) is 59.5 Å². The largest absolute Gasteiger partial charge is 0.385 e. The summed E-state index contributed by atoms with van der Waals surface area (Å²) in [5, 5.41) is 11.7. The molecule has 2 aliphatic heterocycles. The highest BCUT2D eigenvalue weighted by molar-refractivity contribution is 6.30. The molecule has 5 heteroatoms. The Morgan fingerprint density at radius 2 is 1.70 bits per heavy atom. The third-order valence-corrected chi connectivity index (χ3v) is 6.11. The number of nitrogens with zero attached hydrogens (tertiary/aromatic N) is 2. The van der Waals surface area contributed by atoms with Gasteiger partial charge in [0.2, 0.25) is 5.91 Å². The van der Waals surface area contributed by atoms with Crippen molar-refractivity contribution in [3.63, 3.8) is 0 Å². The molecule has 0 unspecified atom stereocenters. The Labute approximate surface area is 165 Å². The monoisotopic (exact) mass is 384 g/mol. The van der Waals surface area contributed by atoms with Gasteiger partial charge in [-0.1, -0.05) is 41.9 Å². The highest BCUT2D eigenvalue weighted by Gasteiger charge is 2.36. The van der Waals surface area contributed by atoms with Crippen molar-refractivity contribution in [3.8, 4) is 0 Å². The van der Waals surface area contributed by atoms with E-state index < -0.39 is 5.60 Å². The maximum atomic E-state index is 12.4. The number of carbonyl (C=O) groups is 1. The van der Waals surface area contributed by atoms with Gasteiger partial charge >= 0.3 is 0 Å². The number of piperidine rings is 1. The number of rotatable bonds is 4. The molecule has 0 saturated carbocycles. The Balaban J connectivity index is 1.33. The summed E-state index contributed by atoms with van der Waals surface area (Å²) < 4.78 is 0. The quantitative estimate of drug-likeness (QED) is 0.874. The van der Waals surface area contributed by atoms with Crippen molar-refractivity contribution in [2.75, 3.05) is 31.1 Å². The van der Waals surface area contributed by atoms with Gasteiger partial charge in [-0.05, 0) is 48.6 Å². The van der Waals surface area contributed by atoms with Crippen molar-refractivity contribution in [2.45, 2.75) is 24.9 Å². The normalized spacial score (nSPS) is 23.0. The van der Waals surface area contributed by atoms with Crippen LogP contribution in [0.25, 0.3) is 0 Å². The lowest BCUT2D eigenvalue weighted by atomic mass is 9.84. The Morgan fingerprint density at radius 1 is 1.04 bits per heavy atom. The first-order valence-electron chi connectivity index (χ1n) is 9.60. The van der Waals surface area contributed by atoms with E-state index in [1.165, 1.54) is 0 Å². The van der Waals surface area contributed by atoms with Crippen LogP contribution in [0.15, 0.2) is 54.6 Å². The fraction of sp³-hybridized carbons (Fsp3) is 0.409. The molecule has 2 aliphatic rings. The van der Waals surface area contributed by atoms with E-state index in [1.54, 1.807) is 0 Å². The number of halogens is 1. The number of aliphatic hydroxyl groups is 1. The number of hydrogen-bond acceptors (Lipinski definition) is 3. The molecule has 2 fully saturated rings. The molecule has 0 radical (unpaired) electrons. The van der Waals surface area contributed by atoms with Crippen LogP contribution in [0, 0.1) is 5.92 Å². The highest BCUT2D eigenvalue weighted by atomic mass is 35.5. The second-order valence-corrected chi connectivity index (χ2v) is 8.19. The second kappa shape index (κ2) is 7.63. The molecule has 4 nitrogen and oxygen atoms in total. The molecule has 2 aromatic carbocycles. The van der Waals surface area contributed by atoms with Crippen LogP contribution >= 0.6 is 11.6 Å². The molecule has 2 saturated heterocycles. The van der Waals surface area contributed by atoms with Crippen LogP contribution in [0.3, 0.4) is 0 Å². The molecule has 0 aliphatic carbocycles. The van der Waals surface area contributed by atoms with Gasteiger partial charge in [0, 0.05) is 43.3 Å². The van der Waals surface area contributed by atoms with Gasteiger partial charge in [-0.3, -0.25) is 4.79 Å². The molecule has 0 spiro atoms. The summed E-state index contributed by atoms with van der Waals surface area (Å²) in [6.45, 7) is 3.37. The van der Waals surface area contributed by atoms with Gasteiger partial charge in [0.1, 0.15) is 0 Å². The Kier molecular flexibility index (Phi) is 5.22. The average Bonchev–Trinajstić information content (AvgIpc) is 3.05. The fourth-order valence-electron chi connectivity index (χ4n) is 4.28.